The Morgan fingerprint density at radius 3 is 2.44 bits per heavy atom. The summed E-state index contributed by atoms with van der Waals surface area (Å²) >= 11 is 0. The van der Waals surface area contributed by atoms with Crippen molar-refractivity contribution in [2.75, 3.05) is 27.2 Å². The molecule has 5 heteroatoms. The molecular formula is C11H21N3O2. The number of rotatable bonds is 4. The SMILES string of the molecule is CNC(=O)CN(C)C(=O)C1(CN)CC(C)C1. The second-order valence-corrected chi connectivity index (χ2v) is 4.83. The van der Waals surface area contributed by atoms with Crippen LogP contribution in [-0.4, -0.2) is 43.9 Å². The van der Waals surface area contributed by atoms with Gasteiger partial charge in [0.15, 0.2) is 0 Å². The lowest BCUT2D eigenvalue weighted by molar-refractivity contribution is -0.150. The highest BCUT2D eigenvalue weighted by molar-refractivity contribution is 5.88. The largest absolute Gasteiger partial charge is 0.358 e. The van der Waals surface area contributed by atoms with E-state index in [-0.39, 0.29) is 18.4 Å². The molecule has 5 nitrogen and oxygen atoms in total. The maximum Gasteiger partial charge on any atom is 0.239 e. The van der Waals surface area contributed by atoms with Crippen LogP contribution in [-0.2, 0) is 9.59 Å². The summed E-state index contributed by atoms with van der Waals surface area (Å²) in [5, 5.41) is 2.50. The first-order valence-electron chi connectivity index (χ1n) is 5.61. The maximum absolute atomic E-state index is 12.1. The number of carbonyl (C=O) groups is 2. The lowest BCUT2D eigenvalue weighted by Gasteiger charge is -2.46. The van der Waals surface area contributed by atoms with Gasteiger partial charge in [0.25, 0.3) is 0 Å². The summed E-state index contributed by atoms with van der Waals surface area (Å²) in [5.74, 6) is 0.396. The molecule has 0 aliphatic heterocycles. The van der Waals surface area contributed by atoms with Gasteiger partial charge in [-0.25, -0.2) is 0 Å². The number of amides is 2. The van der Waals surface area contributed by atoms with Crippen LogP contribution >= 0.6 is 0 Å². The first kappa shape index (κ1) is 13.0. The minimum Gasteiger partial charge on any atom is -0.358 e. The van der Waals surface area contributed by atoms with E-state index in [1.165, 1.54) is 4.90 Å². The van der Waals surface area contributed by atoms with Crippen LogP contribution in [0, 0.1) is 11.3 Å². The average Bonchev–Trinajstić information content (AvgIpc) is 2.23. The summed E-state index contributed by atoms with van der Waals surface area (Å²) in [6.45, 7) is 2.58. The number of carbonyl (C=O) groups excluding carboxylic acids is 2. The molecule has 0 radical (unpaired) electrons. The topological polar surface area (TPSA) is 75.4 Å². The van der Waals surface area contributed by atoms with Crippen LogP contribution < -0.4 is 11.1 Å². The third-order valence-electron chi connectivity index (χ3n) is 3.33. The zero-order chi connectivity index (χ0) is 12.3. The van der Waals surface area contributed by atoms with Crippen molar-refractivity contribution in [1.82, 2.24) is 10.2 Å². The smallest absolute Gasteiger partial charge is 0.239 e. The van der Waals surface area contributed by atoms with Crippen LogP contribution in [0.25, 0.3) is 0 Å². The molecule has 0 heterocycles. The summed E-state index contributed by atoms with van der Waals surface area (Å²) in [5.41, 5.74) is 5.27. The number of nitrogens with zero attached hydrogens (tertiary/aromatic N) is 1. The Hall–Kier alpha value is -1.10. The van der Waals surface area contributed by atoms with Gasteiger partial charge < -0.3 is 16.0 Å². The molecule has 0 saturated heterocycles. The third-order valence-corrected chi connectivity index (χ3v) is 3.33. The van der Waals surface area contributed by atoms with E-state index in [2.05, 4.69) is 12.2 Å². The summed E-state index contributed by atoms with van der Waals surface area (Å²) < 4.78 is 0. The minimum atomic E-state index is -0.414. The van der Waals surface area contributed by atoms with E-state index in [1.54, 1.807) is 14.1 Å². The van der Waals surface area contributed by atoms with Gasteiger partial charge in [0.05, 0.1) is 12.0 Å². The normalized spacial score (nSPS) is 28.1. The monoisotopic (exact) mass is 227 g/mol. The highest BCUT2D eigenvalue weighted by Crippen LogP contribution is 2.45. The van der Waals surface area contributed by atoms with E-state index in [4.69, 9.17) is 5.73 Å². The molecule has 0 bridgehead atoms. The Balaban J connectivity index is 2.59. The summed E-state index contributed by atoms with van der Waals surface area (Å²) in [4.78, 5) is 24.8. The van der Waals surface area contributed by atoms with Gasteiger partial charge in [-0.3, -0.25) is 9.59 Å². The van der Waals surface area contributed by atoms with Crippen LogP contribution in [0.2, 0.25) is 0 Å². The van der Waals surface area contributed by atoms with Crippen LogP contribution in [0.15, 0.2) is 0 Å². The fourth-order valence-electron chi connectivity index (χ4n) is 2.47. The molecule has 1 rings (SSSR count). The zero-order valence-electron chi connectivity index (χ0n) is 10.2. The van der Waals surface area contributed by atoms with Gasteiger partial charge in [-0.05, 0) is 18.8 Å². The molecule has 16 heavy (non-hydrogen) atoms. The molecule has 92 valence electrons. The molecule has 0 aromatic heterocycles. The van der Waals surface area contributed by atoms with Crippen molar-refractivity contribution in [1.29, 1.82) is 0 Å². The van der Waals surface area contributed by atoms with Gasteiger partial charge in [-0.2, -0.15) is 0 Å². The fourth-order valence-corrected chi connectivity index (χ4v) is 2.47. The van der Waals surface area contributed by atoms with Crippen molar-refractivity contribution in [2.24, 2.45) is 17.1 Å². The summed E-state index contributed by atoms with van der Waals surface area (Å²) in [6, 6.07) is 0. The predicted octanol–water partition coefficient (Wildman–Crippen LogP) is -0.434. The molecule has 2 amide bonds. The van der Waals surface area contributed by atoms with Gasteiger partial charge >= 0.3 is 0 Å². The Morgan fingerprint density at radius 1 is 1.50 bits per heavy atom. The summed E-state index contributed by atoms with van der Waals surface area (Å²) in [7, 11) is 3.21. The molecule has 1 saturated carbocycles. The molecule has 3 N–H and O–H groups in total. The molecule has 0 spiro atoms. The lowest BCUT2D eigenvalue weighted by atomic mass is 9.62. The highest BCUT2D eigenvalue weighted by atomic mass is 16.2. The standard InChI is InChI=1S/C11H21N3O2/c1-8-4-11(5-8,7-12)10(16)14(3)6-9(15)13-2/h8H,4-7,12H2,1-3H3,(H,13,15). The van der Waals surface area contributed by atoms with Gasteiger partial charge in [-0.15, -0.1) is 0 Å². The summed E-state index contributed by atoms with van der Waals surface area (Å²) in [6.07, 6.45) is 1.67. The van der Waals surface area contributed by atoms with Crippen molar-refractivity contribution in [3.63, 3.8) is 0 Å². The molecule has 1 aliphatic rings. The Labute approximate surface area is 96.4 Å². The number of likely N-dealkylation sites (N-methyl/N-ethyl adjacent to an activating group) is 2. The second kappa shape index (κ2) is 4.82. The van der Waals surface area contributed by atoms with Crippen molar-refractivity contribution in [3.05, 3.63) is 0 Å². The predicted molar refractivity (Wildman–Crippen MR) is 61.6 cm³/mol. The van der Waals surface area contributed by atoms with Gasteiger partial charge in [0.2, 0.25) is 11.8 Å². The Bertz CT molecular complexity index is 285. The molecule has 1 fully saturated rings. The lowest BCUT2D eigenvalue weighted by Crippen LogP contribution is -2.55. The van der Waals surface area contributed by atoms with Crippen molar-refractivity contribution >= 4 is 11.8 Å². The second-order valence-electron chi connectivity index (χ2n) is 4.83. The fraction of sp³-hybridized carbons (Fsp3) is 0.818. The van der Waals surface area contributed by atoms with Crippen LogP contribution in [0.4, 0.5) is 0 Å². The van der Waals surface area contributed by atoms with Crippen molar-refractivity contribution < 1.29 is 9.59 Å². The van der Waals surface area contributed by atoms with Crippen molar-refractivity contribution in [3.8, 4) is 0 Å². The Morgan fingerprint density at radius 2 is 2.06 bits per heavy atom. The van der Waals surface area contributed by atoms with E-state index in [0.29, 0.717) is 12.5 Å². The first-order valence-corrected chi connectivity index (χ1v) is 5.61. The molecule has 0 atom stereocenters. The van der Waals surface area contributed by atoms with E-state index in [1.807, 2.05) is 0 Å². The highest BCUT2D eigenvalue weighted by Gasteiger charge is 2.48. The molecule has 0 aromatic rings. The Kier molecular flexibility index (Phi) is 3.91. The van der Waals surface area contributed by atoms with Crippen LogP contribution in [0.3, 0.4) is 0 Å². The molecule has 0 aromatic carbocycles. The minimum absolute atomic E-state index is 0.00306. The average molecular weight is 227 g/mol. The zero-order valence-corrected chi connectivity index (χ0v) is 10.2. The van der Waals surface area contributed by atoms with E-state index < -0.39 is 5.41 Å². The maximum atomic E-state index is 12.1. The van der Waals surface area contributed by atoms with Gasteiger partial charge in [-0.1, -0.05) is 6.92 Å². The number of nitrogens with two attached hydrogens (primary N) is 1. The molecular weight excluding hydrogens is 206 g/mol. The van der Waals surface area contributed by atoms with Crippen molar-refractivity contribution in [2.45, 2.75) is 19.8 Å². The number of hydrogen-bond acceptors (Lipinski definition) is 3. The quantitative estimate of drug-likeness (QED) is 0.684. The third kappa shape index (κ3) is 2.35. The van der Waals surface area contributed by atoms with Gasteiger partial charge in [0.1, 0.15) is 0 Å². The van der Waals surface area contributed by atoms with Gasteiger partial charge in [0, 0.05) is 20.6 Å². The van der Waals surface area contributed by atoms with Crippen LogP contribution in [0.1, 0.15) is 19.8 Å². The van der Waals surface area contributed by atoms with Crippen LogP contribution in [0.5, 0.6) is 0 Å². The first-order chi connectivity index (χ1) is 7.45. The molecule has 0 unspecified atom stereocenters. The van der Waals surface area contributed by atoms with E-state index in [9.17, 15) is 9.59 Å². The number of nitrogens with one attached hydrogen (secondary N) is 1. The van der Waals surface area contributed by atoms with E-state index >= 15 is 0 Å². The molecule has 1 aliphatic carbocycles. The number of hydrogen-bond donors (Lipinski definition) is 2. The van der Waals surface area contributed by atoms with E-state index in [0.717, 1.165) is 12.8 Å².